The van der Waals surface area contributed by atoms with E-state index in [4.69, 9.17) is 0 Å². The maximum atomic E-state index is 9.89. The van der Waals surface area contributed by atoms with Gasteiger partial charge in [-0.05, 0) is 44.2 Å². The van der Waals surface area contributed by atoms with Crippen LogP contribution in [0.2, 0.25) is 0 Å². The van der Waals surface area contributed by atoms with E-state index >= 15 is 0 Å². The number of hydrogen-bond acceptors (Lipinski definition) is 5. The van der Waals surface area contributed by atoms with Crippen LogP contribution in [-0.4, -0.2) is 34.3 Å². The molecule has 0 saturated heterocycles. The highest BCUT2D eigenvalue weighted by atomic mass is 16.3. The average molecular weight is 326 g/mol. The Kier molecular flexibility index (Phi) is 5.00. The summed E-state index contributed by atoms with van der Waals surface area (Å²) in [7, 11) is 1.98. The number of aliphatic hydroxyl groups is 1. The van der Waals surface area contributed by atoms with Crippen molar-refractivity contribution in [1.82, 2.24) is 9.97 Å². The van der Waals surface area contributed by atoms with E-state index in [9.17, 15) is 5.11 Å². The van der Waals surface area contributed by atoms with Crippen LogP contribution in [0.3, 0.4) is 0 Å². The number of para-hydroxylation sites is 1. The van der Waals surface area contributed by atoms with E-state index in [0.29, 0.717) is 17.9 Å². The first kappa shape index (κ1) is 16.7. The van der Waals surface area contributed by atoms with Gasteiger partial charge in [0, 0.05) is 30.5 Å². The highest BCUT2D eigenvalue weighted by molar-refractivity contribution is 5.57. The summed E-state index contributed by atoms with van der Waals surface area (Å²) in [6, 6.07) is 12.4. The zero-order chi connectivity index (χ0) is 17.1. The van der Waals surface area contributed by atoms with Crippen molar-refractivity contribution >= 4 is 17.5 Å². The van der Waals surface area contributed by atoms with Crippen molar-refractivity contribution in [2.45, 2.75) is 45.3 Å². The number of nitrogens with one attached hydrogen (secondary N) is 1. The second kappa shape index (κ2) is 7.18. The number of aliphatic hydroxyl groups excluding tert-OH is 1. The van der Waals surface area contributed by atoms with Gasteiger partial charge < -0.3 is 15.3 Å². The van der Waals surface area contributed by atoms with Crippen molar-refractivity contribution < 1.29 is 5.11 Å². The molecule has 2 N–H and O–H groups in total. The van der Waals surface area contributed by atoms with Gasteiger partial charge in [-0.25, -0.2) is 4.98 Å². The minimum Gasteiger partial charge on any atom is -0.393 e. The van der Waals surface area contributed by atoms with E-state index in [0.717, 1.165) is 36.5 Å². The van der Waals surface area contributed by atoms with Gasteiger partial charge in [0.2, 0.25) is 5.95 Å². The van der Waals surface area contributed by atoms with Crippen molar-refractivity contribution in [3.05, 3.63) is 42.1 Å². The summed E-state index contributed by atoms with van der Waals surface area (Å²) >= 11 is 0. The number of rotatable bonds is 4. The van der Waals surface area contributed by atoms with E-state index in [2.05, 4.69) is 22.2 Å². The lowest BCUT2D eigenvalue weighted by Crippen LogP contribution is -2.34. The van der Waals surface area contributed by atoms with Gasteiger partial charge in [0.1, 0.15) is 5.82 Å². The standard InChI is InChI=1S/C19H26N4O/c1-13-11-15(9-10-17(13)24)21-18-12-14(2)20-19(22-18)23(3)16-7-5-4-6-8-16/h4-8,12-13,15,17,24H,9-11H2,1-3H3,(H,20,21,22). The minimum absolute atomic E-state index is 0.171. The molecule has 0 bridgehead atoms. The molecule has 0 aliphatic heterocycles. The van der Waals surface area contributed by atoms with Gasteiger partial charge in [-0.3, -0.25) is 0 Å². The summed E-state index contributed by atoms with van der Waals surface area (Å²) in [5.74, 6) is 1.87. The molecule has 3 unspecified atom stereocenters. The third kappa shape index (κ3) is 3.85. The van der Waals surface area contributed by atoms with Crippen LogP contribution in [0.25, 0.3) is 0 Å². The van der Waals surface area contributed by atoms with Crippen molar-refractivity contribution in [3.8, 4) is 0 Å². The molecule has 0 amide bonds. The van der Waals surface area contributed by atoms with Crippen LogP contribution in [0, 0.1) is 12.8 Å². The highest BCUT2D eigenvalue weighted by Crippen LogP contribution is 2.27. The SMILES string of the molecule is Cc1cc(NC2CCC(O)C(C)C2)nc(N(C)c2ccccc2)n1. The van der Waals surface area contributed by atoms with Crippen LogP contribution in [0.4, 0.5) is 17.5 Å². The number of nitrogens with zero attached hydrogens (tertiary/aromatic N) is 3. The molecular formula is C19H26N4O. The van der Waals surface area contributed by atoms with Crippen molar-refractivity contribution in [1.29, 1.82) is 0 Å². The summed E-state index contributed by atoms with van der Waals surface area (Å²) in [4.78, 5) is 11.2. The summed E-state index contributed by atoms with van der Waals surface area (Å²) < 4.78 is 0. The first-order valence-electron chi connectivity index (χ1n) is 8.62. The number of aryl methyl sites for hydroxylation is 1. The molecule has 5 heteroatoms. The van der Waals surface area contributed by atoms with Gasteiger partial charge in [0.05, 0.1) is 6.10 Å². The smallest absolute Gasteiger partial charge is 0.231 e. The van der Waals surface area contributed by atoms with Crippen LogP contribution in [-0.2, 0) is 0 Å². The first-order valence-corrected chi connectivity index (χ1v) is 8.62. The Morgan fingerprint density at radius 3 is 2.62 bits per heavy atom. The quantitative estimate of drug-likeness (QED) is 0.900. The molecule has 1 saturated carbocycles. The summed E-state index contributed by atoms with van der Waals surface area (Å²) in [5.41, 5.74) is 2.00. The molecule has 1 aromatic heterocycles. The van der Waals surface area contributed by atoms with E-state index in [1.165, 1.54) is 0 Å². The Labute approximate surface area is 143 Å². The molecule has 24 heavy (non-hydrogen) atoms. The Morgan fingerprint density at radius 1 is 1.17 bits per heavy atom. The number of anilines is 3. The molecule has 1 aliphatic carbocycles. The molecule has 3 atom stereocenters. The van der Waals surface area contributed by atoms with Gasteiger partial charge in [-0.1, -0.05) is 25.1 Å². The number of aromatic nitrogens is 2. The summed E-state index contributed by atoms with van der Waals surface area (Å²) in [5, 5.41) is 13.4. The molecular weight excluding hydrogens is 300 g/mol. The van der Waals surface area contributed by atoms with Gasteiger partial charge in [0.25, 0.3) is 0 Å². The van der Waals surface area contributed by atoms with Gasteiger partial charge >= 0.3 is 0 Å². The molecule has 2 aromatic rings. The zero-order valence-corrected chi connectivity index (χ0v) is 14.6. The van der Waals surface area contributed by atoms with Gasteiger partial charge in [-0.2, -0.15) is 4.98 Å². The summed E-state index contributed by atoms with van der Waals surface area (Å²) in [6.07, 6.45) is 2.61. The van der Waals surface area contributed by atoms with Crippen molar-refractivity contribution in [3.63, 3.8) is 0 Å². The largest absolute Gasteiger partial charge is 0.393 e. The topological polar surface area (TPSA) is 61.3 Å². The molecule has 0 spiro atoms. The lowest BCUT2D eigenvalue weighted by molar-refractivity contribution is 0.0748. The normalized spacial score (nSPS) is 23.8. The molecule has 1 heterocycles. The van der Waals surface area contributed by atoms with Gasteiger partial charge in [-0.15, -0.1) is 0 Å². The van der Waals surface area contributed by atoms with E-state index in [1.807, 2.05) is 55.3 Å². The monoisotopic (exact) mass is 326 g/mol. The second-order valence-electron chi connectivity index (χ2n) is 6.79. The third-order valence-corrected chi connectivity index (χ3v) is 4.76. The minimum atomic E-state index is -0.171. The first-order chi connectivity index (χ1) is 11.5. The molecule has 1 aliphatic rings. The number of hydrogen-bond donors (Lipinski definition) is 2. The average Bonchev–Trinajstić information content (AvgIpc) is 2.58. The van der Waals surface area contributed by atoms with E-state index in [1.54, 1.807) is 0 Å². The van der Waals surface area contributed by atoms with Crippen LogP contribution in [0.5, 0.6) is 0 Å². The summed E-state index contributed by atoms with van der Waals surface area (Å²) in [6.45, 7) is 4.10. The van der Waals surface area contributed by atoms with Crippen LogP contribution < -0.4 is 10.2 Å². The maximum Gasteiger partial charge on any atom is 0.231 e. The molecule has 0 radical (unpaired) electrons. The maximum absolute atomic E-state index is 9.89. The number of benzene rings is 1. The van der Waals surface area contributed by atoms with Crippen LogP contribution in [0.15, 0.2) is 36.4 Å². The molecule has 128 valence electrons. The fourth-order valence-electron chi connectivity index (χ4n) is 3.26. The van der Waals surface area contributed by atoms with Crippen molar-refractivity contribution in [2.24, 2.45) is 5.92 Å². The molecule has 1 fully saturated rings. The van der Waals surface area contributed by atoms with Crippen LogP contribution in [0.1, 0.15) is 31.9 Å². The zero-order valence-electron chi connectivity index (χ0n) is 14.6. The third-order valence-electron chi connectivity index (χ3n) is 4.76. The van der Waals surface area contributed by atoms with Crippen LogP contribution >= 0.6 is 0 Å². The lowest BCUT2D eigenvalue weighted by atomic mass is 9.84. The predicted molar refractivity (Wildman–Crippen MR) is 97.7 cm³/mol. The molecule has 5 nitrogen and oxygen atoms in total. The molecule has 3 rings (SSSR count). The van der Waals surface area contributed by atoms with E-state index < -0.39 is 0 Å². The Bertz CT molecular complexity index is 676. The fourth-order valence-corrected chi connectivity index (χ4v) is 3.26. The fraction of sp³-hybridized carbons (Fsp3) is 0.474. The highest BCUT2D eigenvalue weighted by Gasteiger charge is 2.26. The Hall–Kier alpha value is -2.14. The Morgan fingerprint density at radius 2 is 1.92 bits per heavy atom. The van der Waals surface area contributed by atoms with Crippen molar-refractivity contribution in [2.75, 3.05) is 17.3 Å². The van der Waals surface area contributed by atoms with E-state index in [-0.39, 0.29) is 6.10 Å². The Balaban J connectivity index is 1.77. The van der Waals surface area contributed by atoms with Gasteiger partial charge in [0.15, 0.2) is 0 Å². The molecule has 1 aromatic carbocycles. The predicted octanol–water partition coefficient (Wildman–Crippen LogP) is 3.51. The second-order valence-corrected chi connectivity index (χ2v) is 6.79. The lowest BCUT2D eigenvalue weighted by Gasteiger charge is -2.32.